The molecule has 8 heteroatoms. The first-order valence-corrected chi connectivity index (χ1v) is 9.96. The molecule has 0 aliphatic carbocycles. The van der Waals surface area contributed by atoms with Crippen molar-refractivity contribution >= 4 is 39.5 Å². The van der Waals surface area contributed by atoms with Gasteiger partial charge in [-0.05, 0) is 38.1 Å². The molecule has 0 radical (unpaired) electrons. The van der Waals surface area contributed by atoms with Crippen molar-refractivity contribution in [3.05, 3.63) is 56.6 Å². The smallest absolute Gasteiger partial charge is 0.326 e. The lowest BCUT2D eigenvalue weighted by molar-refractivity contribution is -0.143. The maximum atomic E-state index is 13.2. The second-order valence-corrected chi connectivity index (χ2v) is 7.57. The third-order valence-electron chi connectivity index (χ3n) is 4.76. The van der Waals surface area contributed by atoms with Crippen molar-refractivity contribution in [2.75, 3.05) is 13.2 Å². The number of carbonyl (C=O) groups excluding carboxylic acids is 1. The van der Waals surface area contributed by atoms with Crippen LogP contribution in [-0.2, 0) is 21.6 Å². The van der Waals surface area contributed by atoms with Crippen LogP contribution in [0.4, 0.5) is 0 Å². The summed E-state index contributed by atoms with van der Waals surface area (Å²) in [4.78, 5) is 33.9. The molecule has 0 atom stereocenters. The molecule has 0 N–H and O–H groups in total. The molecule has 2 aromatic heterocycles. The molecule has 3 aromatic rings. The van der Waals surface area contributed by atoms with Crippen molar-refractivity contribution in [3.8, 4) is 5.75 Å². The van der Waals surface area contributed by atoms with E-state index in [1.54, 1.807) is 56.5 Å². The van der Waals surface area contributed by atoms with Gasteiger partial charge >= 0.3 is 5.97 Å². The number of fused-ring (bicyclic) bond motifs is 2. The monoisotopic (exact) mass is 427 g/mol. The van der Waals surface area contributed by atoms with E-state index in [-0.39, 0.29) is 24.2 Å². The van der Waals surface area contributed by atoms with Crippen LogP contribution in [-0.4, -0.2) is 28.7 Å². The number of halogens is 1. The summed E-state index contributed by atoms with van der Waals surface area (Å²) in [6, 6.07) is 6.52. The second kappa shape index (κ2) is 8.33. The summed E-state index contributed by atoms with van der Waals surface area (Å²) < 4.78 is 12.5. The number of esters is 1. The summed E-state index contributed by atoms with van der Waals surface area (Å²) in [6.07, 6.45) is 0. The first-order chi connectivity index (χ1) is 14.2. The molecule has 1 aromatic carbocycles. The van der Waals surface area contributed by atoms with Gasteiger partial charge in [0.25, 0.3) is 5.54 Å². The Bertz CT molecular complexity index is 1240. The molecule has 30 heavy (non-hydrogen) atoms. The number of hydrogen-bond donors (Lipinski definition) is 0. The van der Waals surface area contributed by atoms with Gasteiger partial charge in [-0.15, -0.1) is 0 Å². The highest BCUT2D eigenvalue weighted by atomic mass is 35.5. The number of carbonyl (C=O) groups is 1. The Kier molecular flexibility index (Phi) is 5.99. The molecule has 3 rings (SSSR count). The summed E-state index contributed by atoms with van der Waals surface area (Å²) in [6.45, 7) is 14.8. The van der Waals surface area contributed by atoms with Gasteiger partial charge in [-0.1, -0.05) is 11.6 Å². The van der Waals surface area contributed by atoms with Crippen LogP contribution in [0.5, 0.6) is 5.75 Å². The van der Waals surface area contributed by atoms with Crippen LogP contribution < -0.4 is 10.2 Å². The Hall–Kier alpha value is -3.11. The highest BCUT2D eigenvalue weighted by Gasteiger charge is 2.29. The summed E-state index contributed by atoms with van der Waals surface area (Å²) in [5, 5.41) is 1.01. The quantitative estimate of drug-likeness (QED) is 0.332. The van der Waals surface area contributed by atoms with Crippen LogP contribution in [0.1, 0.15) is 33.4 Å². The van der Waals surface area contributed by atoms with Crippen LogP contribution in [0.3, 0.4) is 0 Å². The molecule has 0 fully saturated rings. The Morgan fingerprint density at radius 2 is 1.90 bits per heavy atom. The minimum atomic E-state index is -0.898. The molecule has 0 spiro atoms. The van der Waals surface area contributed by atoms with E-state index in [9.17, 15) is 9.59 Å². The van der Waals surface area contributed by atoms with Crippen LogP contribution in [0.15, 0.2) is 29.1 Å². The van der Waals surface area contributed by atoms with Gasteiger partial charge in [0.05, 0.1) is 34.5 Å². The molecule has 0 saturated carbocycles. The Morgan fingerprint density at radius 1 is 1.20 bits per heavy atom. The van der Waals surface area contributed by atoms with Gasteiger partial charge in [0, 0.05) is 13.8 Å². The van der Waals surface area contributed by atoms with Crippen LogP contribution in [0.25, 0.3) is 26.8 Å². The second-order valence-electron chi connectivity index (χ2n) is 7.16. The molecule has 0 aliphatic rings. The van der Waals surface area contributed by atoms with Gasteiger partial charge in [0.1, 0.15) is 17.9 Å². The number of rotatable bonds is 6. The minimum Gasteiger partial charge on any atom is -0.490 e. The third kappa shape index (κ3) is 3.71. The van der Waals surface area contributed by atoms with Crippen molar-refractivity contribution in [2.24, 2.45) is 0 Å². The highest BCUT2D eigenvalue weighted by molar-refractivity contribution is 6.33. The van der Waals surface area contributed by atoms with E-state index < -0.39 is 11.5 Å². The summed E-state index contributed by atoms with van der Waals surface area (Å²) in [5.41, 5.74) is -0.0118. The third-order valence-corrected chi connectivity index (χ3v) is 5.06. The van der Waals surface area contributed by atoms with E-state index in [1.807, 2.05) is 0 Å². The van der Waals surface area contributed by atoms with E-state index in [2.05, 4.69) is 9.83 Å². The van der Waals surface area contributed by atoms with E-state index in [0.717, 1.165) is 0 Å². The van der Waals surface area contributed by atoms with E-state index in [1.165, 1.54) is 0 Å². The number of ether oxygens (including phenoxy) is 2. The first kappa shape index (κ1) is 21.6. The van der Waals surface area contributed by atoms with Crippen LogP contribution in [0, 0.1) is 6.57 Å². The van der Waals surface area contributed by atoms with Gasteiger partial charge in [-0.2, -0.15) is 0 Å². The molecule has 0 aliphatic heterocycles. The summed E-state index contributed by atoms with van der Waals surface area (Å²) in [7, 11) is 0. The van der Waals surface area contributed by atoms with Crippen molar-refractivity contribution < 1.29 is 14.3 Å². The fraction of sp³-hybridized carbons (Fsp3) is 0.364. The Labute approximate surface area is 179 Å². The van der Waals surface area contributed by atoms with Gasteiger partial charge < -0.3 is 18.9 Å². The molecule has 0 bridgehead atoms. The molecule has 2 heterocycles. The highest BCUT2D eigenvalue weighted by Crippen LogP contribution is 2.34. The van der Waals surface area contributed by atoms with Gasteiger partial charge in [-0.25, -0.2) is 11.6 Å². The predicted octanol–water partition coefficient (Wildman–Crippen LogP) is 4.32. The fourth-order valence-corrected chi connectivity index (χ4v) is 3.46. The van der Waals surface area contributed by atoms with Gasteiger partial charge in [0.2, 0.25) is 0 Å². The number of aromatic nitrogens is 2. The lowest BCUT2D eigenvalue weighted by Gasteiger charge is -2.19. The van der Waals surface area contributed by atoms with E-state index in [0.29, 0.717) is 39.4 Å². The van der Waals surface area contributed by atoms with Gasteiger partial charge in [0.15, 0.2) is 11.2 Å². The van der Waals surface area contributed by atoms with Gasteiger partial charge in [-0.3, -0.25) is 9.59 Å². The predicted molar refractivity (Wildman–Crippen MR) is 116 cm³/mol. The normalized spacial score (nSPS) is 11.5. The average molecular weight is 428 g/mol. The van der Waals surface area contributed by atoms with Crippen LogP contribution >= 0.6 is 11.6 Å². The standard InChI is InChI=1S/C22H22ClN3O4/c1-6-29-17(27)12-26-18-13(8-10-15(23)20(18)30-7-2)19(28)14-9-11-16(25-21(14)26)22(3,4)24-5/h8-11H,6-7,12H2,1-4H3. The molecule has 0 amide bonds. The van der Waals surface area contributed by atoms with E-state index >= 15 is 0 Å². The number of hydrogen-bond acceptors (Lipinski definition) is 5. The molecule has 0 unspecified atom stereocenters. The largest absolute Gasteiger partial charge is 0.490 e. The minimum absolute atomic E-state index is 0.184. The van der Waals surface area contributed by atoms with Crippen molar-refractivity contribution in [1.29, 1.82) is 0 Å². The zero-order chi connectivity index (χ0) is 22.1. The van der Waals surface area contributed by atoms with Crippen molar-refractivity contribution in [1.82, 2.24) is 9.55 Å². The molecule has 156 valence electrons. The SMILES string of the molecule is [C-]#[N+]C(C)(C)c1ccc2c(=O)c3ccc(Cl)c(OCC)c3n(CC(=O)OCC)c2n1. The summed E-state index contributed by atoms with van der Waals surface area (Å²) >= 11 is 6.36. The maximum Gasteiger partial charge on any atom is 0.326 e. The first-order valence-electron chi connectivity index (χ1n) is 9.58. The molecule has 0 saturated heterocycles. The maximum absolute atomic E-state index is 13.2. The number of pyridine rings is 2. The van der Waals surface area contributed by atoms with E-state index in [4.69, 9.17) is 27.6 Å². The lowest BCUT2D eigenvalue weighted by atomic mass is 10.0. The zero-order valence-electron chi connectivity index (χ0n) is 17.3. The Morgan fingerprint density at radius 3 is 2.53 bits per heavy atom. The Balaban J connectivity index is 2.50. The van der Waals surface area contributed by atoms with Crippen LogP contribution in [0.2, 0.25) is 5.02 Å². The lowest BCUT2D eigenvalue weighted by Crippen LogP contribution is -2.21. The fourth-order valence-electron chi connectivity index (χ4n) is 3.25. The molecular formula is C22H22ClN3O4. The van der Waals surface area contributed by atoms with Crippen molar-refractivity contribution in [2.45, 2.75) is 39.8 Å². The zero-order valence-corrected chi connectivity index (χ0v) is 18.0. The average Bonchev–Trinajstić information content (AvgIpc) is 2.72. The number of nitrogens with zero attached hydrogens (tertiary/aromatic N) is 3. The topological polar surface area (TPSA) is 74.8 Å². The molecular weight excluding hydrogens is 406 g/mol. The van der Waals surface area contributed by atoms with Crippen molar-refractivity contribution in [3.63, 3.8) is 0 Å². The summed E-state index contributed by atoms with van der Waals surface area (Å²) in [5.74, 6) is -0.181. The molecule has 7 nitrogen and oxygen atoms in total. The number of benzene rings is 1.